The van der Waals surface area contributed by atoms with Crippen molar-refractivity contribution >= 4 is 15.9 Å². The summed E-state index contributed by atoms with van der Waals surface area (Å²) >= 11 is 3.56. The first-order valence-electron chi connectivity index (χ1n) is 5.79. The molecule has 1 aromatic carbocycles. The molecule has 2 N–H and O–H groups in total. The maximum Gasteiger partial charge on any atom is 0.120 e. The predicted octanol–water partition coefficient (Wildman–Crippen LogP) is 3.65. The zero-order valence-corrected chi connectivity index (χ0v) is 11.2. The zero-order chi connectivity index (χ0) is 11.5. The molecule has 1 saturated carbocycles. The fraction of sp³-hybridized carbons (Fsp3) is 0.538. The summed E-state index contributed by atoms with van der Waals surface area (Å²) in [5.41, 5.74) is 7.41. The molecule has 1 fully saturated rings. The zero-order valence-electron chi connectivity index (χ0n) is 9.58. The van der Waals surface area contributed by atoms with Crippen LogP contribution in [-0.4, -0.2) is 7.11 Å². The van der Waals surface area contributed by atoms with Crippen LogP contribution in [0.2, 0.25) is 0 Å². The lowest BCUT2D eigenvalue weighted by molar-refractivity contribution is 0.277. The van der Waals surface area contributed by atoms with Gasteiger partial charge >= 0.3 is 0 Å². The van der Waals surface area contributed by atoms with Gasteiger partial charge in [-0.25, -0.2) is 0 Å². The molecule has 0 spiro atoms. The van der Waals surface area contributed by atoms with Gasteiger partial charge < -0.3 is 10.5 Å². The quantitative estimate of drug-likeness (QED) is 0.916. The smallest absolute Gasteiger partial charge is 0.120 e. The SMILES string of the molecule is COc1ccc(C(N)CC2CCC2)c(Br)c1. The summed E-state index contributed by atoms with van der Waals surface area (Å²) in [5.74, 6) is 1.70. The summed E-state index contributed by atoms with van der Waals surface area (Å²) in [5, 5.41) is 0. The Balaban J connectivity index is 2.06. The van der Waals surface area contributed by atoms with Crippen LogP contribution in [0.25, 0.3) is 0 Å². The fourth-order valence-electron chi connectivity index (χ4n) is 2.15. The topological polar surface area (TPSA) is 35.2 Å². The number of methoxy groups -OCH3 is 1. The van der Waals surface area contributed by atoms with Crippen LogP contribution in [0, 0.1) is 5.92 Å². The third-order valence-corrected chi connectivity index (χ3v) is 4.11. The van der Waals surface area contributed by atoms with E-state index in [-0.39, 0.29) is 6.04 Å². The molecular weight excluding hydrogens is 266 g/mol. The summed E-state index contributed by atoms with van der Waals surface area (Å²) in [6.45, 7) is 0. The Bertz CT molecular complexity index is 363. The fourth-order valence-corrected chi connectivity index (χ4v) is 2.80. The first kappa shape index (κ1) is 11.9. The molecule has 0 heterocycles. The Morgan fingerprint density at radius 2 is 2.25 bits per heavy atom. The minimum atomic E-state index is 0.144. The molecular formula is C13H18BrNO. The van der Waals surface area contributed by atoms with Crippen LogP contribution in [0.3, 0.4) is 0 Å². The minimum absolute atomic E-state index is 0.144. The Hall–Kier alpha value is -0.540. The summed E-state index contributed by atoms with van der Waals surface area (Å²) < 4.78 is 6.23. The molecule has 88 valence electrons. The third kappa shape index (κ3) is 2.58. The average Bonchev–Trinajstić information content (AvgIpc) is 2.23. The highest BCUT2D eigenvalue weighted by atomic mass is 79.9. The van der Waals surface area contributed by atoms with Crippen molar-refractivity contribution in [3.8, 4) is 5.75 Å². The molecule has 2 rings (SSSR count). The molecule has 0 amide bonds. The molecule has 1 atom stereocenters. The van der Waals surface area contributed by atoms with Gasteiger partial charge in [0.2, 0.25) is 0 Å². The summed E-state index contributed by atoms with van der Waals surface area (Å²) in [6, 6.07) is 6.16. The molecule has 0 aromatic heterocycles. The Morgan fingerprint density at radius 1 is 1.50 bits per heavy atom. The number of halogens is 1. The maximum absolute atomic E-state index is 6.23. The standard InChI is InChI=1S/C13H18BrNO/c1-16-10-5-6-11(12(14)8-10)13(15)7-9-3-2-4-9/h5-6,8-9,13H,2-4,7,15H2,1H3. The molecule has 1 unspecified atom stereocenters. The number of hydrogen-bond acceptors (Lipinski definition) is 2. The van der Waals surface area contributed by atoms with E-state index < -0.39 is 0 Å². The van der Waals surface area contributed by atoms with E-state index in [0.29, 0.717) is 0 Å². The predicted molar refractivity (Wildman–Crippen MR) is 69.6 cm³/mol. The van der Waals surface area contributed by atoms with Gasteiger partial charge in [-0.2, -0.15) is 0 Å². The van der Waals surface area contributed by atoms with E-state index in [9.17, 15) is 0 Å². The van der Waals surface area contributed by atoms with E-state index in [2.05, 4.69) is 22.0 Å². The molecule has 1 aromatic rings. The molecule has 0 aliphatic heterocycles. The van der Waals surface area contributed by atoms with Crippen molar-refractivity contribution in [1.29, 1.82) is 0 Å². The van der Waals surface area contributed by atoms with Crippen LogP contribution in [0.1, 0.15) is 37.3 Å². The van der Waals surface area contributed by atoms with Gasteiger partial charge in [0.15, 0.2) is 0 Å². The lowest BCUT2D eigenvalue weighted by Crippen LogP contribution is -2.20. The highest BCUT2D eigenvalue weighted by Crippen LogP contribution is 2.36. The van der Waals surface area contributed by atoms with Gasteiger partial charge in [0.1, 0.15) is 5.75 Å². The first-order valence-corrected chi connectivity index (χ1v) is 6.59. The van der Waals surface area contributed by atoms with Crippen molar-refractivity contribution in [3.63, 3.8) is 0 Å². The monoisotopic (exact) mass is 283 g/mol. The average molecular weight is 284 g/mol. The van der Waals surface area contributed by atoms with E-state index in [1.807, 2.05) is 12.1 Å². The van der Waals surface area contributed by atoms with Crippen LogP contribution in [0.5, 0.6) is 5.75 Å². The second-order valence-electron chi connectivity index (χ2n) is 4.53. The second kappa shape index (κ2) is 5.19. The number of benzene rings is 1. The van der Waals surface area contributed by atoms with Crippen LogP contribution in [0.15, 0.2) is 22.7 Å². The number of nitrogens with two attached hydrogens (primary N) is 1. The highest BCUT2D eigenvalue weighted by Gasteiger charge is 2.22. The summed E-state index contributed by atoms with van der Waals surface area (Å²) in [6.07, 6.45) is 5.18. The summed E-state index contributed by atoms with van der Waals surface area (Å²) in [7, 11) is 1.68. The molecule has 1 aliphatic rings. The molecule has 1 aliphatic carbocycles. The van der Waals surface area contributed by atoms with Crippen molar-refractivity contribution in [2.45, 2.75) is 31.7 Å². The van der Waals surface area contributed by atoms with Gasteiger partial charge in [0.25, 0.3) is 0 Å². The van der Waals surface area contributed by atoms with E-state index in [1.54, 1.807) is 7.11 Å². The van der Waals surface area contributed by atoms with E-state index >= 15 is 0 Å². The number of hydrogen-bond donors (Lipinski definition) is 1. The van der Waals surface area contributed by atoms with Gasteiger partial charge in [0, 0.05) is 10.5 Å². The lowest BCUT2D eigenvalue weighted by atomic mass is 9.80. The maximum atomic E-state index is 6.23. The van der Waals surface area contributed by atoms with Gasteiger partial charge in [-0.3, -0.25) is 0 Å². The Morgan fingerprint density at radius 3 is 2.75 bits per heavy atom. The third-order valence-electron chi connectivity index (χ3n) is 3.42. The molecule has 0 saturated heterocycles. The van der Waals surface area contributed by atoms with E-state index in [1.165, 1.54) is 24.8 Å². The largest absolute Gasteiger partial charge is 0.497 e. The Labute approximate surface area is 105 Å². The normalized spacial score (nSPS) is 17.9. The molecule has 0 bridgehead atoms. The van der Waals surface area contributed by atoms with Crippen molar-refractivity contribution < 1.29 is 4.74 Å². The number of ether oxygens (including phenoxy) is 1. The summed E-state index contributed by atoms with van der Waals surface area (Å²) in [4.78, 5) is 0. The van der Waals surface area contributed by atoms with Crippen LogP contribution >= 0.6 is 15.9 Å². The van der Waals surface area contributed by atoms with Gasteiger partial charge in [0.05, 0.1) is 7.11 Å². The Kier molecular flexibility index (Phi) is 3.87. The van der Waals surface area contributed by atoms with Crippen molar-refractivity contribution in [2.75, 3.05) is 7.11 Å². The second-order valence-corrected chi connectivity index (χ2v) is 5.38. The van der Waals surface area contributed by atoms with E-state index in [0.717, 1.165) is 22.6 Å². The highest BCUT2D eigenvalue weighted by molar-refractivity contribution is 9.10. The van der Waals surface area contributed by atoms with Crippen LogP contribution in [-0.2, 0) is 0 Å². The van der Waals surface area contributed by atoms with E-state index in [4.69, 9.17) is 10.5 Å². The van der Waals surface area contributed by atoms with Gasteiger partial charge in [-0.05, 0) is 30.0 Å². The van der Waals surface area contributed by atoms with Crippen molar-refractivity contribution in [1.82, 2.24) is 0 Å². The van der Waals surface area contributed by atoms with Gasteiger partial charge in [-0.15, -0.1) is 0 Å². The van der Waals surface area contributed by atoms with Crippen molar-refractivity contribution in [2.24, 2.45) is 11.7 Å². The first-order chi connectivity index (χ1) is 7.70. The lowest BCUT2D eigenvalue weighted by Gasteiger charge is -2.28. The number of rotatable bonds is 4. The molecule has 2 nitrogen and oxygen atoms in total. The van der Waals surface area contributed by atoms with Crippen LogP contribution in [0.4, 0.5) is 0 Å². The molecule has 3 heteroatoms. The molecule has 0 radical (unpaired) electrons. The van der Waals surface area contributed by atoms with Crippen molar-refractivity contribution in [3.05, 3.63) is 28.2 Å². The van der Waals surface area contributed by atoms with Gasteiger partial charge in [-0.1, -0.05) is 41.3 Å². The minimum Gasteiger partial charge on any atom is -0.497 e. The molecule has 16 heavy (non-hydrogen) atoms. The van der Waals surface area contributed by atoms with Crippen LogP contribution < -0.4 is 10.5 Å².